The van der Waals surface area contributed by atoms with Crippen molar-refractivity contribution in [1.29, 1.82) is 5.26 Å². The van der Waals surface area contributed by atoms with E-state index in [4.69, 9.17) is 10.4 Å². The van der Waals surface area contributed by atoms with Crippen molar-refractivity contribution in [2.24, 2.45) is 0 Å². The van der Waals surface area contributed by atoms with Gasteiger partial charge in [0.2, 0.25) is 0 Å². The summed E-state index contributed by atoms with van der Waals surface area (Å²) in [5, 5.41) is 16.2. The van der Waals surface area contributed by atoms with Crippen LogP contribution in [-0.4, -0.2) is 17.2 Å². The summed E-state index contributed by atoms with van der Waals surface area (Å²) in [6.07, 6.45) is 0.615. The number of esters is 1. The number of carbonyl (C=O) groups excluding carboxylic acids is 1. The normalized spacial score (nSPS) is 12.4. The maximum absolute atomic E-state index is 10.4. The molecule has 54 valence electrons. The molecular weight excluding hydrogens is 134 g/mol. The lowest BCUT2D eigenvalue weighted by atomic mass is 10.4. The first-order valence-electron chi connectivity index (χ1n) is 2.61. The zero-order chi connectivity index (χ0) is 7.98. The van der Waals surface area contributed by atoms with Crippen LogP contribution in [0.15, 0.2) is 12.3 Å². The van der Waals surface area contributed by atoms with Crippen LogP contribution in [0.1, 0.15) is 6.92 Å². The zero-order valence-corrected chi connectivity index (χ0v) is 5.44. The maximum atomic E-state index is 10.4. The standard InChI is InChI=1S/C6H7NO3/c1-5(4-7)10-6(9)2-3-8/h2-3,5,8H,1H3/b3-2+. The van der Waals surface area contributed by atoms with E-state index < -0.39 is 12.1 Å². The number of nitriles is 1. The van der Waals surface area contributed by atoms with E-state index in [1.165, 1.54) is 6.92 Å². The van der Waals surface area contributed by atoms with Crippen LogP contribution < -0.4 is 0 Å². The van der Waals surface area contributed by atoms with Gasteiger partial charge in [-0.05, 0) is 6.92 Å². The smallest absolute Gasteiger partial charge is 0.335 e. The molecule has 0 radical (unpaired) electrons. The molecule has 0 spiro atoms. The van der Waals surface area contributed by atoms with Gasteiger partial charge in [0, 0.05) is 0 Å². The highest BCUT2D eigenvalue weighted by atomic mass is 16.5. The highest BCUT2D eigenvalue weighted by molar-refractivity contribution is 5.81. The second-order valence-corrected chi connectivity index (χ2v) is 1.52. The van der Waals surface area contributed by atoms with Gasteiger partial charge >= 0.3 is 5.97 Å². The Morgan fingerprint density at radius 3 is 2.90 bits per heavy atom. The Balaban J connectivity index is 3.71. The first-order valence-corrected chi connectivity index (χ1v) is 2.61. The van der Waals surface area contributed by atoms with Crippen molar-refractivity contribution in [2.75, 3.05) is 0 Å². The van der Waals surface area contributed by atoms with Crippen LogP contribution in [0.3, 0.4) is 0 Å². The Morgan fingerprint density at radius 1 is 1.90 bits per heavy atom. The lowest BCUT2D eigenvalue weighted by Gasteiger charge is -2.00. The van der Waals surface area contributed by atoms with Gasteiger partial charge in [0.05, 0.1) is 12.3 Å². The molecule has 0 aliphatic carbocycles. The maximum Gasteiger partial charge on any atom is 0.335 e. The average molecular weight is 141 g/mol. The Hall–Kier alpha value is -1.50. The molecule has 10 heavy (non-hydrogen) atoms. The van der Waals surface area contributed by atoms with Crippen LogP contribution in [0, 0.1) is 11.3 Å². The topological polar surface area (TPSA) is 70.3 Å². The van der Waals surface area contributed by atoms with Gasteiger partial charge < -0.3 is 9.84 Å². The molecule has 0 rings (SSSR count). The molecule has 0 saturated heterocycles. The van der Waals surface area contributed by atoms with Crippen LogP contribution in [0.4, 0.5) is 0 Å². The molecule has 0 aliphatic heterocycles. The number of ether oxygens (including phenoxy) is 1. The fourth-order valence-electron chi connectivity index (χ4n) is 0.301. The van der Waals surface area contributed by atoms with E-state index in [1.54, 1.807) is 6.07 Å². The number of aliphatic hydroxyl groups is 1. The zero-order valence-electron chi connectivity index (χ0n) is 5.44. The first-order chi connectivity index (χ1) is 4.70. The molecule has 0 saturated carbocycles. The Morgan fingerprint density at radius 2 is 2.50 bits per heavy atom. The van der Waals surface area contributed by atoms with Gasteiger partial charge in [0.15, 0.2) is 6.10 Å². The number of aliphatic hydroxyl groups excluding tert-OH is 1. The van der Waals surface area contributed by atoms with Crippen LogP contribution in [0.5, 0.6) is 0 Å². The third-order valence-electron chi connectivity index (χ3n) is 0.685. The van der Waals surface area contributed by atoms with Crippen LogP contribution >= 0.6 is 0 Å². The van der Waals surface area contributed by atoms with Gasteiger partial charge in [-0.2, -0.15) is 5.26 Å². The van der Waals surface area contributed by atoms with Gasteiger partial charge in [-0.3, -0.25) is 0 Å². The highest BCUT2D eigenvalue weighted by Crippen LogP contribution is 1.88. The molecule has 0 aliphatic rings. The Kier molecular flexibility index (Phi) is 3.73. The number of carbonyl (C=O) groups is 1. The molecule has 0 bridgehead atoms. The molecular formula is C6H7NO3. The molecule has 4 nitrogen and oxygen atoms in total. The van der Waals surface area contributed by atoms with E-state index in [0.29, 0.717) is 6.26 Å². The summed E-state index contributed by atoms with van der Waals surface area (Å²) in [5.41, 5.74) is 0. The lowest BCUT2D eigenvalue weighted by molar-refractivity contribution is -0.139. The Labute approximate surface area is 58.3 Å². The van der Waals surface area contributed by atoms with Gasteiger partial charge in [0.25, 0.3) is 0 Å². The number of nitrogens with zero attached hydrogens (tertiary/aromatic N) is 1. The molecule has 1 N–H and O–H groups in total. The summed E-state index contributed by atoms with van der Waals surface area (Å²) in [7, 11) is 0. The fourth-order valence-corrected chi connectivity index (χ4v) is 0.301. The summed E-state index contributed by atoms with van der Waals surface area (Å²) in [4.78, 5) is 10.4. The van der Waals surface area contributed by atoms with Crippen molar-refractivity contribution in [3.05, 3.63) is 12.3 Å². The molecule has 0 aromatic rings. The molecule has 0 amide bonds. The molecule has 4 heteroatoms. The molecule has 0 heterocycles. The van der Waals surface area contributed by atoms with Crippen molar-refractivity contribution in [1.82, 2.24) is 0 Å². The average Bonchev–Trinajstić information content (AvgIpc) is 1.88. The molecule has 1 atom stereocenters. The highest BCUT2D eigenvalue weighted by Gasteiger charge is 2.02. The number of hydrogen-bond donors (Lipinski definition) is 1. The van der Waals surface area contributed by atoms with E-state index in [9.17, 15) is 4.79 Å². The fraction of sp³-hybridized carbons (Fsp3) is 0.333. The van der Waals surface area contributed by atoms with Crippen molar-refractivity contribution in [3.63, 3.8) is 0 Å². The van der Waals surface area contributed by atoms with Crippen LogP contribution in [0.2, 0.25) is 0 Å². The predicted molar refractivity (Wildman–Crippen MR) is 32.9 cm³/mol. The third-order valence-corrected chi connectivity index (χ3v) is 0.685. The van der Waals surface area contributed by atoms with Gasteiger partial charge in [0.1, 0.15) is 6.07 Å². The monoisotopic (exact) mass is 141 g/mol. The van der Waals surface area contributed by atoms with Crippen molar-refractivity contribution >= 4 is 5.97 Å². The quantitative estimate of drug-likeness (QED) is 0.345. The summed E-state index contributed by atoms with van der Waals surface area (Å²) >= 11 is 0. The van der Waals surface area contributed by atoms with E-state index in [-0.39, 0.29) is 0 Å². The van der Waals surface area contributed by atoms with Gasteiger partial charge in [-0.1, -0.05) is 0 Å². The SMILES string of the molecule is CC(C#N)OC(=O)/C=C/O. The second-order valence-electron chi connectivity index (χ2n) is 1.52. The summed E-state index contributed by atoms with van der Waals surface area (Å²) in [6, 6.07) is 1.70. The van der Waals surface area contributed by atoms with E-state index in [2.05, 4.69) is 4.74 Å². The van der Waals surface area contributed by atoms with Gasteiger partial charge in [-0.15, -0.1) is 0 Å². The minimum atomic E-state index is -0.774. The third kappa shape index (κ3) is 3.50. The van der Waals surface area contributed by atoms with Crippen LogP contribution in [-0.2, 0) is 9.53 Å². The first kappa shape index (κ1) is 8.50. The van der Waals surface area contributed by atoms with Crippen molar-refractivity contribution in [2.45, 2.75) is 13.0 Å². The number of rotatable bonds is 2. The largest absolute Gasteiger partial charge is 0.515 e. The van der Waals surface area contributed by atoms with Gasteiger partial charge in [-0.25, -0.2) is 4.79 Å². The molecule has 1 unspecified atom stereocenters. The molecule has 0 aromatic heterocycles. The summed E-state index contributed by atoms with van der Waals surface area (Å²) in [5.74, 6) is -0.725. The van der Waals surface area contributed by atoms with Crippen LogP contribution in [0.25, 0.3) is 0 Å². The number of hydrogen-bond acceptors (Lipinski definition) is 4. The van der Waals surface area contributed by atoms with E-state index in [1.807, 2.05) is 0 Å². The van der Waals surface area contributed by atoms with E-state index in [0.717, 1.165) is 6.08 Å². The van der Waals surface area contributed by atoms with E-state index >= 15 is 0 Å². The minimum Gasteiger partial charge on any atom is -0.515 e. The predicted octanol–water partition coefficient (Wildman–Crippen LogP) is 0.513. The van der Waals surface area contributed by atoms with Crippen molar-refractivity contribution in [3.8, 4) is 6.07 Å². The summed E-state index contributed by atoms with van der Waals surface area (Å²) in [6.45, 7) is 1.43. The summed E-state index contributed by atoms with van der Waals surface area (Å²) < 4.78 is 4.39. The minimum absolute atomic E-state index is 0.562. The molecule has 0 aromatic carbocycles. The Bertz CT molecular complexity index is 180. The van der Waals surface area contributed by atoms with Crippen molar-refractivity contribution < 1.29 is 14.6 Å². The lowest BCUT2D eigenvalue weighted by Crippen LogP contribution is -2.10. The second kappa shape index (κ2) is 4.39. The molecule has 0 fully saturated rings.